The predicted molar refractivity (Wildman–Crippen MR) is 76.6 cm³/mol. The summed E-state index contributed by atoms with van der Waals surface area (Å²) >= 11 is 0. The molecule has 2 aliphatic carbocycles. The molecule has 2 aliphatic rings. The Bertz CT molecular complexity index is 249. The lowest BCUT2D eigenvalue weighted by atomic mass is 9.74. The van der Waals surface area contributed by atoms with Crippen molar-refractivity contribution in [3.05, 3.63) is 0 Å². The molecule has 0 heterocycles. The maximum Gasteiger partial charge on any atom is 0.0580 e. The standard InChI is InChI=1S/C16H31NO/c1-4-9-17(15-6-7-15)11-14-10-13(12(2)3)5-8-16(14)18/h12-16,18H,4-11H2,1-3H3. The molecule has 0 bridgehead atoms. The Labute approximate surface area is 113 Å². The van der Waals surface area contributed by atoms with E-state index in [1.165, 1.54) is 38.6 Å². The highest BCUT2D eigenvalue weighted by atomic mass is 16.3. The SMILES string of the molecule is CCCN(CC1CC(C(C)C)CCC1O)C1CC1. The average Bonchev–Trinajstić information content (AvgIpc) is 3.14. The van der Waals surface area contributed by atoms with Crippen LogP contribution in [0.5, 0.6) is 0 Å². The van der Waals surface area contributed by atoms with Gasteiger partial charge in [0.2, 0.25) is 0 Å². The summed E-state index contributed by atoms with van der Waals surface area (Å²) in [5, 5.41) is 10.3. The lowest BCUT2D eigenvalue weighted by Crippen LogP contribution is -2.41. The van der Waals surface area contributed by atoms with Crippen molar-refractivity contribution < 1.29 is 5.11 Å². The summed E-state index contributed by atoms with van der Waals surface area (Å²) in [6.07, 6.45) is 7.47. The molecule has 0 aromatic rings. The van der Waals surface area contributed by atoms with Crippen LogP contribution in [0.1, 0.15) is 59.3 Å². The molecule has 0 spiro atoms. The normalized spacial score (nSPS) is 33.3. The first kappa shape index (κ1) is 14.3. The Morgan fingerprint density at radius 2 is 1.89 bits per heavy atom. The highest BCUT2D eigenvalue weighted by molar-refractivity contribution is 4.89. The molecule has 0 aromatic carbocycles. The zero-order valence-corrected chi connectivity index (χ0v) is 12.4. The molecule has 2 fully saturated rings. The second-order valence-corrected chi connectivity index (χ2v) is 6.87. The van der Waals surface area contributed by atoms with Crippen molar-refractivity contribution in [1.82, 2.24) is 4.90 Å². The van der Waals surface area contributed by atoms with E-state index in [0.717, 1.165) is 30.8 Å². The van der Waals surface area contributed by atoms with Crippen LogP contribution in [0.3, 0.4) is 0 Å². The van der Waals surface area contributed by atoms with Crippen LogP contribution >= 0.6 is 0 Å². The highest BCUT2D eigenvalue weighted by Crippen LogP contribution is 2.36. The van der Waals surface area contributed by atoms with Crippen molar-refractivity contribution in [1.29, 1.82) is 0 Å². The quantitative estimate of drug-likeness (QED) is 0.785. The smallest absolute Gasteiger partial charge is 0.0580 e. The van der Waals surface area contributed by atoms with Crippen molar-refractivity contribution in [2.75, 3.05) is 13.1 Å². The number of nitrogens with zero attached hydrogens (tertiary/aromatic N) is 1. The fourth-order valence-electron chi connectivity index (χ4n) is 3.54. The highest BCUT2D eigenvalue weighted by Gasteiger charge is 2.35. The van der Waals surface area contributed by atoms with Crippen LogP contribution in [0.25, 0.3) is 0 Å². The van der Waals surface area contributed by atoms with Crippen LogP contribution in [0.15, 0.2) is 0 Å². The number of hydrogen-bond donors (Lipinski definition) is 1. The summed E-state index contributed by atoms with van der Waals surface area (Å²) < 4.78 is 0. The number of hydrogen-bond acceptors (Lipinski definition) is 2. The molecule has 18 heavy (non-hydrogen) atoms. The first-order chi connectivity index (χ1) is 8.61. The summed E-state index contributed by atoms with van der Waals surface area (Å²) in [7, 11) is 0. The van der Waals surface area contributed by atoms with Gasteiger partial charge in [-0.05, 0) is 62.8 Å². The van der Waals surface area contributed by atoms with E-state index >= 15 is 0 Å². The first-order valence-electron chi connectivity index (χ1n) is 8.04. The molecule has 2 heteroatoms. The molecule has 3 atom stereocenters. The van der Waals surface area contributed by atoms with Gasteiger partial charge in [0.25, 0.3) is 0 Å². The van der Waals surface area contributed by atoms with E-state index in [9.17, 15) is 5.11 Å². The minimum atomic E-state index is -0.0434. The topological polar surface area (TPSA) is 23.5 Å². The van der Waals surface area contributed by atoms with Gasteiger partial charge in [0, 0.05) is 12.6 Å². The second kappa shape index (κ2) is 6.38. The van der Waals surface area contributed by atoms with E-state index in [1.54, 1.807) is 0 Å². The van der Waals surface area contributed by atoms with Gasteiger partial charge in [-0.15, -0.1) is 0 Å². The number of aliphatic hydroxyl groups excluding tert-OH is 1. The minimum Gasteiger partial charge on any atom is -0.393 e. The molecular formula is C16H31NO. The van der Waals surface area contributed by atoms with E-state index in [0.29, 0.717) is 5.92 Å². The van der Waals surface area contributed by atoms with E-state index in [4.69, 9.17) is 0 Å². The fourth-order valence-corrected chi connectivity index (χ4v) is 3.54. The largest absolute Gasteiger partial charge is 0.393 e. The van der Waals surface area contributed by atoms with Gasteiger partial charge in [-0.1, -0.05) is 20.8 Å². The predicted octanol–water partition coefficient (Wildman–Crippen LogP) is 3.29. The third-order valence-corrected chi connectivity index (χ3v) is 4.97. The van der Waals surface area contributed by atoms with Crippen LogP contribution in [0, 0.1) is 17.8 Å². The molecule has 0 radical (unpaired) electrons. The molecule has 0 aromatic heterocycles. The number of aliphatic hydroxyl groups is 1. The molecule has 3 unspecified atom stereocenters. The van der Waals surface area contributed by atoms with Crippen LogP contribution in [-0.2, 0) is 0 Å². The molecule has 1 N–H and O–H groups in total. The minimum absolute atomic E-state index is 0.0434. The van der Waals surface area contributed by atoms with Gasteiger partial charge in [-0.3, -0.25) is 0 Å². The molecule has 0 aliphatic heterocycles. The molecule has 106 valence electrons. The van der Waals surface area contributed by atoms with Crippen molar-refractivity contribution in [3.8, 4) is 0 Å². The van der Waals surface area contributed by atoms with E-state index in [2.05, 4.69) is 25.7 Å². The fraction of sp³-hybridized carbons (Fsp3) is 1.00. The van der Waals surface area contributed by atoms with E-state index in [-0.39, 0.29) is 6.10 Å². The Balaban J connectivity index is 1.88. The van der Waals surface area contributed by atoms with Gasteiger partial charge in [0.1, 0.15) is 0 Å². The Hall–Kier alpha value is -0.0800. The summed E-state index contributed by atoms with van der Waals surface area (Å²) in [5.41, 5.74) is 0. The van der Waals surface area contributed by atoms with Crippen LogP contribution < -0.4 is 0 Å². The van der Waals surface area contributed by atoms with Gasteiger partial charge < -0.3 is 10.0 Å². The van der Waals surface area contributed by atoms with E-state index in [1.807, 2.05) is 0 Å². The van der Waals surface area contributed by atoms with Gasteiger partial charge in [-0.25, -0.2) is 0 Å². The van der Waals surface area contributed by atoms with Crippen molar-refractivity contribution >= 4 is 0 Å². The first-order valence-corrected chi connectivity index (χ1v) is 8.04. The zero-order chi connectivity index (χ0) is 13.1. The molecule has 0 saturated heterocycles. The van der Waals surface area contributed by atoms with E-state index < -0.39 is 0 Å². The lowest BCUT2D eigenvalue weighted by Gasteiger charge is -2.38. The number of rotatable bonds is 6. The van der Waals surface area contributed by atoms with Crippen LogP contribution in [-0.4, -0.2) is 35.2 Å². The third-order valence-electron chi connectivity index (χ3n) is 4.97. The van der Waals surface area contributed by atoms with Gasteiger partial charge >= 0.3 is 0 Å². The second-order valence-electron chi connectivity index (χ2n) is 6.87. The summed E-state index contributed by atoms with van der Waals surface area (Å²) in [6.45, 7) is 9.31. The van der Waals surface area contributed by atoms with Gasteiger partial charge in [0.15, 0.2) is 0 Å². The molecule has 2 nitrogen and oxygen atoms in total. The monoisotopic (exact) mass is 253 g/mol. The van der Waals surface area contributed by atoms with Crippen LogP contribution in [0.4, 0.5) is 0 Å². The molecule has 2 saturated carbocycles. The Kier molecular flexibility index (Phi) is 5.08. The summed E-state index contributed by atoms with van der Waals surface area (Å²) in [4.78, 5) is 2.65. The lowest BCUT2D eigenvalue weighted by molar-refractivity contribution is 0.0171. The third kappa shape index (κ3) is 3.71. The maximum absolute atomic E-state index is 10.3. The summed E-state index contributed by atoms with van der Waals surface area (Å²) in [6, 6.07) is 0.844. The zero-order valence-electron chi connectivity index (χ0n) is 12.4. The average molecular weight is 253 g/mol. The molecule has 0 amide bonds. The summed E-state index contributed by atoms with van der Waals surface area (Å²) in [5.74, 6) is 2.14. The molecule has 2 rings (SSSR count). The Morgan fingerprint density at radius 1 is 1.17 bits per heavy atom. The Morgan fingerprint density at radius 3 is 2.44 bits per heavy atom. The van der Waals surface area contributed by atoms with Crippen molar-refractivity contribution in [2.24, 2.45) is 17.8 Å². The van der Waals surface area contributed by atoms with Crippen molar-refractivity contribution in [3.63, 3.8) is 0 Å². The van der Waals surface area contributed by atoms with Crippen LogP contribution in [0.2, 0.25) is 0 Å². The van der Waals surface area contributed by atoms with Gasteiger partial charge in [-0.2, -0.15) is 0 Å². The van der Waals surface area contributed by atoms with Gasteiger partial charge in [0.05, 0.1) is 6.10 Å². The molecular weight excluding hydrogens is 222 g/mol. The van der Waals surface area contributed by atoms with Crippen molar-refractivity contribution in [2.45, 2.75) is 71.4 Å². The maximum atomic E-state index is 10.3.